The lowest BCUT2D eigenvalue weighted by Crippen LogP contribution is -2.41. The molecule has 1 heterocycles. The summed E-state index contributed by atoms with van der Waals surface area (Å²) < 4.78 is 50.6. The van der Waals surface area contributed by atoms with Gasteiger partial charge in [-0.15, -0.1) is 11.3 Å². The van der Waals surface area contributed by atoms with Crippen LogP contribution in [0.1, 0.15) is 0 Å². The molecule has 10 heteroatoms. The van der Waals surface area contributed by atoms with E-state index in [-0.39, 0.29) is 13.6 Å². The van der Waals surface area contributed by atoms with Gasteiger partial charge in [0, 0.05) is 0 Å². The summed E-state index contributed by atoms with van der Waals surface area (Å²) in [6.07, 6.45) is 0. The van der Waals surface area contributed by atoms with Gasteiger partial charge in [-0.1, -0.05) is 23.2 Å². The van der Waals surface area contributed by atoms with Crippen molar-refractivity contribution in [3.05, 3.63) is 14.7 Å². The molecule has 0 aliphatic rings. The van der Waals surface area contributed by atoms with Crippen LogP contribution < -0.4 is 10.5 Å². The Morgan fingerprint density at radius 3 is 2.47 bits per heavy atom. The SMILES string of the molecule is NCC(F)(F)CNS(=O)(=O)c1cc(Cl)sc1Cl. The van der Waals surface area contributed by atoms with Gasteiger partial charge in [0.05, 0.1) is 17.4 Å². The van der Waals surface area contributed by atoms with Crippen LogP contribution in [0.25, 0.3) is 0 Å². The fraction of sp³-hybridized carbons (Fsp3) is 0.429. The summed E-state index contributed by atoms with van der Waals surface area (Å²) in [4.78, 5) is -0.318. The van der Waals surface area contributed by atoms with Gasteiger partial charge in [-0.3, -0.25) is 0 Å². The van der Waals surface area contributed by atoms with Crippen LogP contribution in [0.15, 0.2) is 11.0 Å². The molecule has 1 aromatic rings. The van der Waals surface area contributed by atoms with Gasteiger partial charge in [0.25, 0.3) is 5.92 Å². The summed E-state index contributed by atoms with van der Waals surface area (Å²) in [7, 11) is -4.10. The Bertz CT molecular complexity index is 504. The zero-order valence-electron chi connectivity index (χ0n) is 8.21. The first kappa shape index (κ1) is 15.1. The van der Waals surface area contributed by atoms with Crippen molar-refractivity contribution in [1.82, 2.24) is 4.72 Å². The Morgan fingerprint density at radius 2 is 2.06 bits per heavy atom. The Kier molecular flexibility index (Phi) is 4.73. The van der Waals surface area contributed by atoms with Crippen molar-refractivity contribution in [3.8, 4) is 0 Å². The second kappa shape index (κ2) is 5.33. The predicted molar refractivity (Wildman–Crippen MR) is 63.5 cm³/mol. The van der Waals surface area contributed by atoms with E-state index in [1.165, 1.54) is 0 Å². The first-order chi connectivity index (χ1) is 7.68. The minimum Gasteiger partial charge on any atom is -0.325 e. The molecule has 3 N–H and O–H groups in total. The molecule has 0 unspecified atom stereocenters. The molecule has 17 heavy (non-hydrogen) atoms. The molecular weight excluding hydrogens is 317 g/mol. The summed E-state index contributed by atoms with van der Waals surface area (Å²) in [5.41, 5.74) is 4.78. The third-order valence-electron chi connectivity index (χ3n) is 1.73. The molecule has 0 saturated heterocycles. The van der Waals surface area contributed by atoms with E-state index >= 15 is 0 Å². The highest BCUT2D eigenvalue weighted by atomic mass is 35.5. The molecule has 0 atom stereocenters. The predicted octanol–water partition coefficient (Wildman–Crippen LogP) is 1.93. The lowest BCUT2D eigenvalue weighted by Gasteiger charge is -2.14. The van der Waals surface area contributed by atoms with Crippen molar-refractivity contribution in [2.24, 2.45) is 5.73 Å². The molecule has 0 radical (unpaired) electrons. The molecule has 0 bridgehead atoms. The minimum absolute atomic E-state index is 0.0847. The molecule has 0 fully saturated rings. The maximum atomic E-state index is 12.8. The zero-order valence-corrected chi connectivity index (χ0v) is 11.4. The van der Waals surface area contributed by atoms with Crippen LogP contribution in [0.4, 0.5) is 8.78 Å². The van der Waals surface area contributed by atoms with Gasteiger partial charge in [-0.25, -0.2) is 21.9 Å². The molecule has 0 spiro atoms. The number of halogens is 4. The maximum absolute atomic E-state index is 12.8. The molecule has 1 rings (SSSR count). The molecule has 0 saturated carbocycles. The molecule has 98 valence electrons. The van der Waals surface area contributed by atoms with E-state index in [0.29, 0.717) is 0 Å². The van der Waals surface area contributed by atoms with Gasteiger partial charge in [-0.2, -0.15) is 0 Å². The molecule has 1 aromatic heterocycles. The molecule has 4 nitrogen and oxygen atoms in total. The monoisotopic (exact) mass is 324 g/mol. The van der Waals surface area contributed by atoms with Crippen molar-refractivity contribution in [3.63, 3.8) is 0 Å². The van der Waals surface area contributed by atoms with Crippen molar-refractivity contribution in [2.45, 2.75) is 10.8 Å². The Labute approximate surface area is 111 Å². The second-order valence-electron chi connectivity index (χ2n) is 3.07. The third kappa shape index (κ3) is 4.01. The fourth-order valence-corrected chi connectivity index (χ4v) is 4.07. The number of nitrogens with one attached hydrogen (secondary N) is 1. The van der Waals surface area contributed by atoms with Gasteiger partial charge in [0.15, 0.2) is 0 Å². The lowest BCUT2D eigenvalue weighted by molar-refractivity contribution is 0.0170. The number of sulfonamides is 1. The summed E-state index contributed by atoms with van der Waals surface area (Å²) in [6, 6.07) is 1.09. The van der Waals surface area contributed by atoms with Crippen molar-refractivity contribution in [2.75, 3.05) is 13.1 Å². The minimum atomic E-state index is -4.10. The Balaban J connectivity index is 2.87. The van der Waals surface area contributed by atoms with E-state index in [1.807, 2.05) is 0 Å². The molecule has 0 aliphatic heterocycles. The van der Waals surface area contributed by atoms with E-state index in [0.717, 1.165) is 17.4 Å². The van der Waals surface area contributed by atoms with Crippen LogP contribution in [-0.2, 0) is 10.0 Å². The normalized spacial score (nSPS) is 13.0. The molecule has 0 amide bonds. The highest BCUT2D eigenvalue weighted by Gasteiger charge is 2.30. The van der Waals surface area contributed by atoms with E-state index in [1.54, 1.807) is 4.72 Å². The number of rotatable bonds is 5. The number of alkyl halides is 2. The van der Waals surface area contributed by atoms with Gasteiger partial charge in [0.1, 0.15) is 9.23 Å². The van der Waals surface area contributed by atoms with Crippen LogP contribution in [0.2, 0.25) is 8.67 Å². The zero-order chi connectivity index (χ0) is 13.3. The molecule has 0 aliphatic carbocycles. The van der Waals surface area contributed by atoms with Crippen molar-refractivity contribution < 1.29 is 17.2 Å². The summed E-state index contributed by atoms with van der Waals surface area (Å²) in [5.74, 6) is -3.31. The van der Waals surface area contributed by atoms with Crippen LogP contribution in [0, 0.1) is 0 Å². The van der Waals surface area contributed by atoms with Gasteiger partial charge in [-0.05, 0) is 6.07 Å². The van der Waals surface area contributed by atoms with E-state index < -0.39 is 29.0 Å². The van der Waals surface area contributed by atoms with Crippen LogP contribution >= 0.6 is 34.5 Å². The van der Waals surface area contributed by atoms with Crippen LogP contribution in [-0.4, -0.2) is 27.4 Å². The third-order valence-corrected chi connectivity index (χ3v) is 4.89. The van der Waals surface area contributed by atoms with Crippen LogP contribution in [0.3, 0.4) is 0 Å². The first-order valence-corrected chi connectivity index (χ1v) is 7.26. The summed E-state index contributed by atoms with van der Waals surface area (Å²) >= 11 is 12.0. The molecule has 0 aromatic carbocycles. The summed E-state index contributed by atoms with van der Waals surface area (Å²) in [6.45, 7) is -2.04. The number of hydrogen-bond donors (Lipinski definition) is 2. The van der Waals surface area contributed by atoms with Crippen molar-refractivity contribution >= 4 is 44.6 Å². The van der Waals surface area contributed by atoms with Crippen LogP contribution in [0.5, 0.6) is 0 Å². The maximum Gasteiger partial charge on any atom is 0.273 e. The van der Waals surface area contributed by atoms with E-state index in [2.05, 4.69) is 0 Å². The largest absolute Gasteiger partial charge is 0.325 e. The molecular formula is C7H8Cl2F2N2O2S2. The fourth-order valence-electron chi connectivity index (χ4n) is 0.859. The first-order valence-electron chi connectivity index (χ1n) is 4.20. The standard InChI is InChI=1S/C7H8Cl2F2N2O2S2/c8-5-1-4(6(9)16-5)17(14,15)13-3-7(10,11)2-12/h1,13H,2-3,12H2. The second-order valence-corrected chi connectivity index (χ2v) is 7.09. The quantitative estimate of drug-likeness (QED) is 0.869. The Hall–Kier alpha value is 0.01000. The average Bonchev–Trinajstić information content (AvgIpc) is 2.56. The Morgan fingerprint density at radius 1 is 1.47 bits per heavy atom. The van der Waals surface area contributed by atoms with Crippen molar-refractivity contribution in [1.29, 1.82) is 0 Å². The van der Waals surface area contributed by atoms with E-state index in [4.69, 9.17) is 28.9 Å². The number of nitrogens with two attached hydrogens (primary N) is 1. The highest BCUT2D eigenvalue weighted by molar-refractivity contribution is 7.89. The van der Waals surface area contributed by atoms with Gasteiger partial charge < -0.3 is 5.73 Å². The number of hydrogen-bond acceptors (Lipinski definition) is 4. The average molecular weight is 325 g/mol. The summed E-state index contributed by atoms with van der Waals surface area (Å²) in [5, 5.41) is 0. The topological polar surface area (TPSA) is 72.2 Å². The smallest absolute Gasteiger partial charge is 0.273 e. The van der Waals surface area contributed by atoms with Gasteiger partial charge >= 0.3 is 0 Å². The van der Waals surface area contributed by atoms with Gasteiger partial charge in [0.2, 0.25) is 10.0 Å². The number of thiophene rings is 1. The highest BCUT2D eigenvalue weighted by Crippen LogP contribution is 2.34. The van der Waals surface area contributed by atoms with E-state index in [9.17, 15) is 17.2 Å². The lowest BCUT2D eigenvalue weighted by atomic mass is 10.3.